The van der Waals surface area contributed by atoms with Crippen LogP contribution < -0.4 is 5.32 Å². The monoisotopic (exact) mass is 346 g/mol. The molecule has 0 aliphatic carbocycles. The molecule has 3 aromatic rings. The maximum atomic E-state index is 11.3. The lowest BCUT2D eigenvalue weighted by molar-refractivity contribution is -0.114. The quantitative estimate of drug-likeness (QED) is 0.530. The molecule has 3 rings (SSSR count). The number of anilines is 1. The number of nitrogens with zero attached hydrogens (tertiary/aromatic N) is 1. The van der Waals surface area contributed by atoms with Crippen LogP contribution in [0.2, 0.25) is 0 Å². The molecule has 2 aromatic carbocycles. The molecule has 0 unspecified atom stereocenters. The van der Waals surface area contributed by atoms with Gasteiger partial charge in [0.25, 0.3) is 0 Å². The van der Waals surface area contributed by atoms with E-state index in [1.807, 2.05) is 36.4 Å². The second-order valence-corrected chi connectivity index (χ2v) is 5.82. The molecule has 0 atom stereocenters. The van der Waals surface area contributed by atoms with E-state index in [2.05, 4.69) is 10.3 Å². The van der Waals surface area contributed by atoms with Crippen LogP contribution in [0, 0.1) is 0 Å². The highest BCUT2D eigenvalue weighted by Crippen LogP contribution is 2.23. The Morgan fingerprint density at radius 1 is 0.923 bits per heavy atom. The molecule has 0 aliphatic rings. The third-order valence-electron chi connectivity index (χ3n) is 3.73. The van der Waals surface area contributed by atoms with E-state index >= 15 is 0 Å². The Balaban J connectivity index is 1.70. The number of hydrogen-bond acceptors (Lipinski definition) is 4. The SMILES string of the molecule is CC(=O)Nc1ccc(N=Cc2ccc(-c3ccc(C(C)=O)cc3)o2)cc1. The second kappa shape index (κ2) is 7.61. The molecular formula is C21H18N2O3. The van der Waals surface area contributed by atoms with Crippen LogP contribution in [0.5, 0.6) is 0 Å². The van der Waals surface area contributed by atoms with E-state index < -0.39 is 0 Å². The summed E-state index contributed by atoms with van der Waals surface area (Å²) in [4.78, 5) is 26.7. The van der Waals surface area contributed by atoms with E-state index in [9.17, 15) is 9.59 Å². The van der Waals surface area contributed by atoms with Crippen LogP contribution in [-0.4, -0.2) is 17.9 Å². The molecule has 1 amide bonds. The normalized spacial score (nSPS) is 10.8. The number of hydrogen-bond donors (Lipinski definition) is 1. The molecule has 0 spiro atoms. The molecule has 0 bridgehead atoms. The van der Waals surface area contributed by atoms with Gasteiger partial charge < -0.3 is 9.73 Å². The summed E-state index contributed by atoms with van der Waals surface area (Å²) in [5.74, 6) is 1.26. The minimum atomic E-state index is -0.110. The molecule has 1 N–H and O–H groups in total. The maximum Gasteiger partial charge on any atom is 0.221 e. The number of furan rings is 1. The number of carbonyl (C=O) groups is 2. The lowest BCUT2D eigenvalue weighted by Crippen LogP contribution is -2.04. The van der Waals surface area contributed by atoms with Crippen molar-refractivity contribution in [2.24, 2.45) is 4.99 Å². The van der Waals surface area contributed by atoms with Gasteiger partial charge in [-0.1, -0.05) is 24.3 Å². The Hall–Kier alpha value is -3.47. The molecule has 1 aromatic heterocycles. The van der Waals surface area contributed by atoms with Gasteiger partial charge in [0, 0.05) is 23.7 Å². The topological polar surface area (TPSA) is 71.7 Å². The van der Waals surface area contributed by atoms with Crippen LogP contribution in [0.15, 0.2) is 70.1 Å². The first-order valence-electron chi connectivity index (χ1n) is 8.14. The summed E-state index contributed by atoms with van der Waals surface area (Å²) < 4.78 is 5.78. The van der Waals surface area contributed by atoms with E-state index in [0.29, 0.717) is 17.1 Å². The van der Waals surface area contributed by atoms with E-state index in [1.54, 1.807) is 37.4 Å². The van der Waals surface area contributed by atoms with Gasteiger partial charge >= 0.3 is 0 Å². The fourth-order valence-corrected chi connectivity index (χ4v) is 2.42. The van der Waals surface area contributed by atoms with Gasteiger partial charge in [-0.25, -0.2) is 0 Å². The molecule has 0 fully saturated rings. The number of nitrogens with one attached hydrogen (secondary N) is 1. The first-order chi connectivity index (χ1) is 12.5. The van der Waals surface area contributed by atoms with Crippen molar-refractivity contribution in [3.63, 3.8) is 0 Å². The Bertz CT molecular complexity index is 952. The molecular weight excluding hydrogens is 328 g/mol. The standard InChI is InChI=1S/C21H18N2O3/c1-14(24)16-3-5-17(6-4-16)21-12-11-20(26-21)13-22-18-7-9-19(10-8-18)23-15(2)25/h3-13H,1-2H3,(H,23,25). The van der Waals surface area contributed by atoms with Crippen LogP contribution in [0.3, 0.4) is 0 Å². The molecule has 1 heterocycles. The van der Waals surface area contributed by atoms with Crippen molar-refractivity contribution in [3.05, 3.63) is 72.0 Å². The van der Waals surface area contributed by atoms with Crippen molar-refractivity contribution in [3.8, 4) is 11.3 Å². The molecule has 5 heteroatoms. The summed E-state index contributed by atoms with van der Waals surface area (Å²) in [6.07, 6.45) is 1.64. The van der Waals surface area contributed by atoms with Crippen molar-refractivity contribution >= 4 is 29.3 Å². The highest BCUT2D eigenvalue weighted by atomic mass is 16.3. The van der Waals surface area contributed by atoms with Gasteiger partial charge in [0.05, 0.1) is 11.9 Å². The molecule has 26 heavy (non-hydrogen) atoms. The van der Waals surface area contributed by atoms with Crippen LogP contribution >= 0.6 is 0 Å². The van der Waals surface area contributed by atoms with Crippen LogP contribution in [0.4, 0.5) is 11.4 Å². The molecule has 130 valence electrons. The third kappa shape index (κ3) is 4.33. The predicted molar refractivity (Wildman–Crippen MR) is 102 cm³/mol. The Labute approximate surface area is 151 Å². The van der Waals surface area contributed by atoms with Gasteiger partial charge in [0.1, 0.15) is 11.5 Å². The van der Waals surface area contributed by atoms with E-state index in [1.165, 1.54) is 6.92 Å². The Morgan fingerprint density at radius 3 is 2.23 bits per heavy atom. The first-order valence-corrected chi connectivity index (χ1v) is 8.14. The summed E-state index contributed by atoms with van der Waals surface area (Å²) in [6, 6.07) is 18.2. The largest absolute Gasteiger partial charge is 0.455 e. The zero-order valence-electron chi connectivity index (χ0n) is 14.5. The van der Waals surface area contributed by atoms with Gasteiger partial charge in [-0.2, -0.15) is 0 Å². The summed E-state index contributed by atoms with van der Waals surface area (Å²) in [5.41, 5.74) is 3.05. The first kappa shape index (κ1) is 17.4. The average molecular weight is 346 g/mol. The lowest BCUT2D eigenvalue weighted by Gasteiger charge is -2.01. The van der Waals surface area contributed by atoms with Crippen LogP contribution in [-0.2, 0) is 4.79 Å². The van der Waals surface area contributed by atoms with Gasteiger partial charge in [-0.3, -0.25) is 14.6 Å². The van der Waals surface area contributed by atoms with Gasteiger partial charge in [0.15, 0.2) is 5.78 Å². The van der Waals surface area contributed by atoms with E-state index in [-0.39, 0.29) is 11.7 Å². The van der Waals surface area contributed by atoms with Crippen molar-refractivity contribution in [1.29, 1.82) is 0 Å². The zero-order chi connectivity index (χ0) is 18.5. The zero-order valence-corrected chi connectivity index (χ0v) is 14.5. The summed E-state index contributed by atoms with van der Waals surface area (Å²) in [5, 5.41) is 2.71. The number of Topliss-reactive ketones (excluding diaryl/α,β-unsaturated/α-hetero) is 1. The molecule has 0 saturated heterocycles. The number of amides is 1. The number of rotatable bonds is 5. The van der Waals surface area contributed by atoms with Crippen molar-refractivity contribution in [2.45, 2.75) is 13.8 Å². The molecule has 0 aliphatic heterocycles. The number of carbonyl (C=O) groups excluding carboxylic acids is 2. The van der Waals surface area contributed by atoms with E-state index in [0.717, 1.165) is 16.9 Å². The maximum absolute atomic E-state index is 11.3. The number of aliphatic imine (C=N–C) groups is 1. The second-order valence-electron chi connectivity index (χ2n) is 5.82. The minimum absolute atomic E-state index is 0.0355. The fourth-order valence-electron chi connectivity index (χ4n) is 2.42. The van der Waals surface area contributed by atoms with Crippen LogP contribution in [0.25, 0.3) is 11.3 Å². The minimum Gasteiger partial charge on any atom is -0.455 e. The van der Waals surface area contributed by atoms with E-state index in [4.69, 9.17) is 4.42 Å². The highest BCUT2D eigenvalue weighted by molar-refractivity contribution is 5.94. The molecule has 0 saturated carbocycles. The smallest absolute Gasteiger partial charge is 0.221 e. The lowest BCUT2D eigenvalue weighted by atomic mass is 10.1. The van der Waals surface area contributed by atoms with Crippen molar-refractivity contribution in [1.82, 2.24) is 0 Å². The summed E-state index contributed by atoms with van der Waals surface area (Å²) >= 11 is 0. The summed E-state index contributed by atoms with van der Waals surface area (Å²) in [7, 11) is 0. The van der Waals surface area contributed by atoms with Gasteiger partial charge in [-0.05, 0) is 43.3 Å². The number of ketones is 1. The number of benzene rings is 2. The third-order valence-corrected chi connectivity index (χ3v) is 3.73. The highest BCUT2D eigenvalue weighted by Gasteiger charge is 2.05. The molecule has 0 radical (unpaired) electrons. The van der Waals surface area contributed by atoms with Gasteiger partial charge in [-0.15, -0.1) is 0 Å². The summed E-state index contributed by atoms with van der Waals surface area (Å²) in [6.45, 7) is 3.01. The predicted octanol–water partition coefficient (Wildman–Crippen LogP) is 4.86. The van der Waals surface area contributed by atoms with Crippen molar-refractivity contribution in [2.75, 3.05) is 5.32 Å². The molecule has 5 nitrogen and oxygen atoms in total. The Kier molecular flexibility index (Phi) is 5.08. The van der Waals surface area contributed by atoms with Gasteiger partial charge in [0.2, 0.25) is 5.91 Å². The fraction of sp³-hybridized carbons (Fsp3) is 0.0952. The van der Waals surface area contributed by atoms with Crippen LogP contribution in [0.1, 0.15) is 30.0 Å². The average Bonchev–Trinajstić information content (AvgIpc) is 3.10. The van der Waals surface area contributed by atoms with Crippen molar-refractivity contribution < 1.29 is 14.0 Å². The Morgan fingerprint density at radius 2 is 1.62 bits per heavy atom.